The van der Waals surface area contributed by atoms with Crippen LogP contribution in [-0.2, 0) is 37.6 Å². The first-order chi connectivity index (χ1) is 28.5. The van der Waals surface area contributed by atoms with Gasteiger partial charge < -0.3 is 30.0 Å². The van der Waals surface area contributed by atoms with Crippen LogP contribution in [0.5, 0.6) is 11.5 Å². The number of aromatic hydroxyl groups is 2. The summed E-state index contributed by atoms with van der Waals surface area (Å²) in [5.74, 6) is -1.02. The van der Waals surface area contributed by atoms with Crippen LogP contribution in [0, 0.1) is 13.8 Å². The average molecular weight is 902 g/mol. The third-order valence-electron chi connectivity index (χ3n) is 8.95. The fraction of sp³-hybridized carbons (Fsp3) is 0.0500. The quantitative estimate of drug-likeness (QED) is 0.0644. The molecule has 0 saturated heterocycles. The van der Waals surface area contributed by atoms with Gasteiger partial charge in [-0.05, 0) is 24.3 Å². The number of para-hydroxylation sites is 2. The second-order valence-corrected chi connectivity index (χ2v) is 15.7. The van der Waals surface area contributed by atoms with Gasteiger partial charge in [-0.2, -0.15) is 27.1 Å². The zero-order chi connectivity index (χ0) is 42.9. The topological polar surface area (TPSA) is 268 Å². The zero-order valence-corrected chi connectivity index (χ0v) is 34.5. The number of hydrogen-bond acceptors (Lipinski definition) is 14. The standard InChI is InChI=1S/2C20H15N4O5S.Cr/c2*1-12-18(20(26)24(23-12)13-7-3-2-4-8-13)21-22-19-15-10-6-5-9-14(15)17(11-16(19)25)30(27,28)29;/h2*2-11,25H,1H3,(H,27,28,29);/q2*-1;/p+3. The van der Waals surface area contributed by atoms with Crippen LogP contribution < -0.4 is 11.1 Å². The number of nitrogens with zero attached hydrogens (tertiary/aromatic N) is 8. The number of aromatic nitrogens is 4. The molecule has 8 rings (SSSR count). The zero-order valence-electron chi connectivity index (χ0n) is 34.6. The Kier molecular flexibility index (Phi) is 12.4. The first-order valence-corrected chi connectivity index (χ1v) is 20.3. The molecule has 310 valence electrons. The first-order valence-electron chi connectivity index (χ1n) is 17.5. The van der Waals surface area contributed by atoms with Gasteiger partial charge in [-0.3, -0.25) is 9.11 Å². The fourth-order valence-corrected chi connectivity index (χ4v) is 7.61. The van der Waals surface area contributed by atoms with Crippen LogP contribution in [0.4, 0.5) is 22.7 Å². The Morgan fingerprint density at radius 1 is 0.541 bits per heavy atom. The summed E-state index contributed by atoms with van der Waals surface area (Å²) < 4.78 is 67.9. The molecule has 61 heavy (non-hydrogen) atoms. The van der Waals surface area contributed by atoms with Crippen LogP contribution in [0.25, 0.3) is 32.9 Å². The monoisotopic (exact) mass is 901 g/mol. The van der Waals surface area contributed by atoms with Gasteiger partial charge in [0.05, 0.1) is 11.4 Å². The molecule has 0 aliphatic rings. The molecule has 4 N–H and O–H groups in total. The summed E-state index contributed by atoms with van der Waals surface area (Å²) in [7, 11) is -9.14. The number of phenolic OH excluding ortho intramolecular Hbond substituents is 2. The minimum Gasteiger partial charge on any atom is -0.506 e. The van der Waals surface area contributed by atoms with Crippen molar-refractivity contribution in [3.05, 3.63) is 153 Å². The molecule has 0 bridgehead atoms. The summed E-state index contributed by atoms with van der Waals surface area (Å²) in [6, 6.07) is 31.8. The number of aryl methyl sites for hydroxylation is 2. The van der Waals surface area contributed by atoms with Gasteiger partial charge in [-0.1, -0.05) is 110 Å². The smallest absolute Gasteiger partial charge is 0.506 e. The van der Waals surface area contributed by atoms with Crippen LogP contribution in [0.1, 0.15) is 15.7 Å². The molecule has 0 amide bonds. The van der Waals surface area contributed by atoms with Crippen LogP contribution >= 0.6 is 0 Å². The van der Waals surface area contributed by atoms with Gasteiger partial charge in [0.25, 0.3) is 20.2 Å². The average Bonchev–Trinajstić information content (AvgIpc) is 3.68. The van der Waals surface area contributed by atoms with Crippen molar-refractivity contribution in [3.8, 4) is 22.9 Å². The van der Waals surface area contributed by atoms with Crippen LogP contribution in [0.2, 0.25) is 0 Å². The van der Waals surface area contributed by atoms with E-state index in [1.807, 2.05) is 12.1 Å². The Hall–Kier alpha value is -6.99. The number of fused-ring (bicyclic) bond motifs is 2. The van der Waals surface area contributed by atoms with Crippen LogP contribution in [-0.4, -0.2) is 55.7 Å². The molecule has 0 aliphatic heterocycles. The summed E-state index contributed by atoms with van der Waals surface area (Å²) >= 11 is 0. The van der Waals surface area contributed by atoms with Gasteiger partial charge in [-0.15, -0.1) is 11.4 Å². The summed E-state index contributed by atoms with van der Waals surface area (Å²) in [5, 5.41) is 45.8. The maximum Gasteiger partial charge on any atom is 1.00 e. The third-order valence-corrected chi connectivity index (χ3v) is 10.7. The van der Waals surface area contributed by atoms with Gasteiger partial charge in [0.1, 0.15) is 43.8 Å². The van der Waals surface area contributed by atoms with E-state index in [1.165, 1.54) is 33.6 Å². The Balaban J connectivity index is 0.000000320. The second kappa shape index (κ2) is 17.3. The van der Waals surface area contributed by atoms with Crippen molar-refractivity contribution in [3.63, 3.8) is 0 Å². The van der Waals surface area contributed by atoms with E-state index in [2.05, 4.69) is 30.7 Å². The van der Waals surface area contributed by atoms with E-state index in [-0.39, 0.29) is 65.9 Å². The fourth-order valence-electron chi connectivity index (χ4n) is 6.18. The molecule has 0 radical (unpaired) electrons. The number of rotatable bonds is 8. The first kappa shape index (κ1) is 43.6. The Labute approximate surface area is 360 Å². The van der Waals surface area contributed by atoms with E-state index >= 15 is 0 Å². The molecule has 21 heteroatoms. The van der Waals surface area contributed by atoms with Crippen molar-refractivity contribution in [1.82, 2.24) is 19.6 Å². The number of phenols is 2. The summed E-state index contributed by atoms with van der Waals surface area (Å²) in [6.07, 6.45) is 0. The van der Waals surface area contributed by atoms with E-state index in [4.69, 9.17) is 0 Å². The third kappa shape index (κ3) is 8.83. The molecule has 0 spiro atoms. The van der Waals surface area contributed by atoms with Crippen molar-refractivity contribution in [2.45, 2.75) is 23.6 Å². The van der Waals surface area contributed by atoms with Crippen LogP contribution in [0.3, 0.4) is 0 Å². The largest absolute Gasteiger partial charge is 1.00 e. The van der Waals surface area contributed by atoms with Crippen LogP contribution in [0.15, 0.2) is 161 Å². The predicted octanol–water partition coefficient (Wildman–Crippen LogP) is 7.90. The van der Waals surface area contributed by atoms with Gasteiger partial charge in [0.15, 0.2) is 0 Å². The Morgan fingerprint density at radius 3 is 1.18 bits per heavy atom. The molecule has 0 unspecified atom stereocenters. The van der Waals surface area contributed by atoms with Gasteiger partial charge in [0, 0.05) is 51.0 Å². The number of hydrogen-bond donors (Lipinski definition) is 4. The van der Waals surface area contributed by atoms with Crippen molar-refractivity contribution in [2.75, 3.05) is 0 Å². The number of benzene rings is 6. The summed E-state index contributed by atoms with van der Waals surface area (Å²) in [5.41, 5.74) is 0.741. The molecular weight excluding hydrogens is 869 g/mol. The van der Waals surface area contributed by atoms with E-state index < -0.39 is 52.6 Å². The molecular formula is C40H33CrN8O10S2+. The van der Waals surface area contributed by atoms with Crippen molar-refractivity contribution in [2.24, 2.45) is 20.5 Å². The van der Waals surface area contributed by atoms with Gasteiger partial charge in [0.2, 0.25) is 0 Å². The van der Waals surface area contributed by atoms with Crippen molar-refractivity contribution < 1.29 is 57.8 Å². The maximum absolute atomic E-state index is 12.7. The van der Waals surface area contributed by atoms with E-state index in [9.17, 15) is 45.7 Å². The SMILES string of the molecule is Cc1nn(-c2ccccc2)c(=O)[c-]1N=Nc1c(O)cc(S(=O)(=O)O)c2ccccc12.Cc1nn(-c2ccccc2)c(=O)[c-]1N=Nc1c(O)cc(S(=O)(=O)O)c2ccccc12.[Cr].[H+].[H+].[H+]. The minimum atomic E-state index is -4.57. The number of azo groups is 2. The molecule has 2 aromatic heterocycles. The van der Waals surface area contributed by atoms with Gasteiger partial charge >= 0.3 is 4.28 Å². The van der Waals surface area contributed by atoms with Crippen molar-refractivity contribution in [1.29, 1.82) is 0 Å². The molecule has 6 aromatic carbocycles. The van der Waals surface area contributed by atoms with E-state index in [0.717, 1.165) is 12.1 Å². The van der Waals surface area contributed by atoms with E-state index in [1.54, 1.807) is 86.6 Å². The predicted molar refractivity (Wildman–Crippen MR) is 223 cm³/mol. The summed E-state index contributed by atoms with van der Waals surface area (Å²) in [4.78, 5) is 24.5. The minimum absolute atomic E-state index is 0. The Morgan fingerprint density at radius 2 is 0.852 bits per heavy atom. The molecule has 0 atom stereocenters. The molecule has 0 aliphatic carbocycles. The summed E-state index contributed by atoms with van der Waals surface area (Å²) in [6.45, 7) is 3.21. The molecule has 0 saturated carbocycles. The molecule has 8 aromatic rings. The molecule has 18 nitrogen and oxygen atoms in total. The maximum atomic E-state index is 12.7. The second-order valence-electron chi connectivity index (χ2n) is 12.9. The Bertz CT molecular complexity index is 3160. The molecule has 2 heterocycles. The van der Waals surface area contributed by atoms with Gasteiger partial charge in [-0.25, -0.2) is 19.6 Å². The van der Waals surface area contributed by atoms with E-state index in [0.29, 0.717) is 22.8 Å². The molecule has 0 fully saturated rings. The van der Waals surface area contributed by atoms with Crippen molar-refractivity contribution >= 4 is 64.5 Å². The normalized spacial score (nSPS) is 11.9.